The number of aliphatic hydroxyl groups excluding tert-OH is 2. The van der Waals surface area contributed by atoms with Crippen molar-refractivity contribution in [2.45, 2.75) is 0 Å². The molecular formula is C7H17NO3. The predicted octanol–water partition coefficient (Wildman–Crippen LogP) is -1.08. The van der Waals surface area contributed by atoms with Crippen molar-refractivity contribution in [3.8, 4) is 0 Å². The van der Waals surface area contributed by atoms with Gasteiger partial charge in [0.1, 0.15) is 0 Å². The minimum atomic E-state index is 0.264. The summed E-state index contributed by atoms with van der Waals surface area (Å²) in [6.07, 6.45) is 0. The molecule has 0 radical (unpaired) electrons. The maximum absolute atomic E-state index is 8.54. The van der Waals surface area contributed by atoms with E-state index in [-0.39, 0.29) is 6.61 Å². The van der Waals surface area contributed by atoms with Crippen LogP contribution in [0.5, 0.6) is 0 Å². The zero-order chi connectivity index (χ0) is 8.53. The van der Waals surface area contributed by atoms with Crippen LogP contribution < -0.4 is 0 Å². The van der Waals surface area contributed by atoms with Gasteiger partial charge in [0.15, 0.2) is 0 Å². The van der Waals surface area contributed by atoms with Crippen LogP contribution >= 0.6 is 0 Å². The van der Waals surface area contributed by atoms with Gasteiger partial charge in [-0.15, -0.1) is 0 Å². The first-order chi connectivity index (χ1) is 5.43. The molecule has 0 aromatic carbocycles. The summed E-state index contributed by atoms with van der Waals surface area (Å²) >= 11 is 0. The van der Waals surface area contributed by atoms with Crippen molar-refractivity contribution in [3.63, 3.8) is 0 Å². The molecule has 1 aliphatic heterocycles. The Morgan fingerprint density at radius 2 is 1.82 bits per heavy atom. The highest BCUT2D eigenvalue weighted by Gasteiger charge is 2.07. The van der Waals surface area contributed by atoms with Crippen LogP contribution in [0.3, 0.4) is 0 Å². The number of nitrogens with zero attached hydrogens (tertiary/aromatic N) is 1. The van der Waals surface area contributed by atoms with Gasteiger partial charge in [-0.1, -0.05) is 0 Å². The highest BCUT2D eigenvalue weighted by Crippen LogP contribution is 1.93. The summed E-state index contributed by atoms with van der Waals surface area (Å²) in [4.78, 5) is 2.20. The van der Waals surface area contributed by atoms with Crippen molar-refractivity contribution in [1.82, 2.24) is 4.90 Å². The van der Waals surface area contributed by atoms with Gasteiger partial charge >= 0.3 is 0 Å². The minimum Gasteiger partial charge on any atom is -0.400 e. The molecule has 4 nitrogen and oxygen atoms in total. The van der Waals surface area contributed by atoms with Crippen LogP contribution in [0.2, 0.25) is 0 Å². The summed E-state index contributed by atoms with van der Waals surface area (Å²) in [5, 5.41) is 15.5. The Morgan fingerprint density at radius 1 is 1.27 bits per heavy atom. The van der Waals surface area contributed by atoms with Crippen molar-refractivity contribution in [2.75, 3.05) is 46.6 Å². The highest BCUT2D eigenvalue weighted by atomic mass is 16.5. The number of rotatable bonds is 2. The third kappa shape index (κ3) is 5.15. The van der Waals surface area contributed by atoms with E-state index >= 15 is 0 Å². The Labute approximate surface area is 67.4 Å². The van der Waals surface area contributed by atoms with Gasteiger partial charge in [-0.05, 0) is 0 Å². The Kier molecular flexibility index (Phi) is 7.83. The van der Waals surface area contributed by atoms with E-state index in [1.165, 1.54) is 0 Å². The fourth-order valence-electron chi connectivity index (χ4n) is 0.966. The van der Waals surface area contributed by atoms with Gasteiger partial charge in [0.05, 0.1) is 19.8 Å². The van der Waals surface area contributed by atoms with Gasteiger partial charge in [-0.2, -0.15) is 0 Å². The van der Waals surface area contributed by atoms with E-state index in [0.29, 0.717) is 0 Å². The SMILES string of the molecule is CO.OCCN1CCOCC1. The molecule has 0 aromatic rings. The maximum Gasteiger partial charge on any atom is 0.0594 e. The van der Waals surface area contributed by atoms with Gasteiger partial charge in [-0.3, -0.25) is 4.90 Å². The number of β-amino-alcohol motifs (C(OH)–C–C–N with tert-alkyl or cyclic N) is 1. The van der Waals surface area contributed by atoms with E-state index < -0.39 is 0 Å². The molecule has 0 atom stereocenters. The summed E-state index contributed by atoms with van der Waals surface area (Å²) in [6, 6.07) is 0. The van der Waals surface area contributed by atoms with E-state index in [9.17, 15) is 0 Å². The molecule has 0 spiro atoms. The first-order valence-electron chi connectivity index (χ1n) is 3.79. The monoisotopic (exact) mass is 163 g/mol. The quantitative estimate of drug-likeness (QED) is 0.543. The van der Waals surface area contributed by atoms with Crippen molar-refractivity contribution < 1.29 is 14.9 Å². The molecule has 0 amide bonds. The van der Waals surface area contributed by atoms with Gasteiger partial charge in [0.2, 0.25) is 0 Å². The Hall–Kier alpha value is -0.160. The largest absolute Gasteiger partial charge is 0.400 e. The Balaban J connectivity index is 0.000000461. The Morgan fingerprint density at radius 3 is 2.27 bits per heavy atom. The standard InChI is InChI=1S/C6H13NO2.CH4O/c8-4-1-7-2-5-9-6-3-7;1-2/h8H,1-6H2;2H,1H3. The lowest BCUT2D eigenvalue weighted by atomic mass is 10.4. The second kappa shape index (κ2) is 7.94. The van der Waals surface area contributed by atoms with E-state index in [4.69, 9.17) is 14.9 Å². The van der Waals surface area contributed by atoms with Crippen molar-refractivity contribution in [3.05, 3.63) is 0 Å². The molecule has 1 rings (SSSR count). The highest BCUT2D eigenvalue weighted by molar-refractivity contribution is 4.59. The molecule has 4 heteroatoms. The summed E-state index contributed by atoms with van der Waals surface area (Å²) in [5.74, 6) is 0. The average molecular weight is 163 g/mol. The third-order valence-electron chi connectivity index (χ3n) is 1.52. The minimum absolute atomic E-state index is 0.264. The van der Waals surface area contributed by atoms with E-state index in [1.54, 1.807) is 0 Å². The van der Waals surface area contributed by atoms with Gasteiger partial charge in [0, 0.05) is 26.7 Å². The molecule has 1 heterocycles. The topological polar surface area (TPSA) is 52.9 Å². The zero-order valence-corrected chi connectivity index (χ0v) is 6.99. The predicted molar refractivity (Wildman–Crippen MR) is 42.5 cm³/mol. The van der Waals surface area contributed by atoms with Crippen molar-refractivity contribution in [1.29, 1.82) is 0 Å². The van der Waals surface area contributed by atoms with Gasteiger partial charge in [-0.25, -0.2) is 0 Å². The van der Waals surface area contributed by atoms with Crippen LogP contribution in [0.1, 0.15) is 0 Å². The lowest BCUT2D eigenvalue weighted by Gasteiger charge is -2.25. The van der Waals surface area contributed by atoms with Crippen LogP contribution in [0, 0.1) is 0 Å². The molecule has 1 saturated heterocycles. The molecule has 1 fully saturated rings. The molecule has 0 aliphatic carbocycles. The smallest absolute Gasteiger partial charge is 0.0594 e. The fraction of sp³-hybridized carbons (Fsp3) is 1.00. The normalized spacial score (nSPS) is 18.8. The van der Waals surface area contributed by atoms with Crippen molar-refractivity contribution in [2.24, 2.45) is 0 Å². The first kappa shape index (κ1) is 10.8. The van der Waals surface area contributed by atoms with E-state index in [1.807, 2.05) is 0 Å². The molecular weight excluding hydrogens is 146 g/mol. The van der Waals surface area contributed by atoms with E-state index in [2.05, 4.69) is 4.90 Å². The number of hydrogen-bond acceptors (Lipinski definition) is 4. The second-order valence-corrected chi connectivity index (χ2v) is 2.18. The second-order valence-electron chi connectivity index (χ2n) is 2.18. The number of morpholine rings is 1. The molecule has 11 heavy (non-hydrogen) atoms. The van der Waals surface area contributed by atoms with Crippen molar-refractivity contribution >= 4 is 0 Å². The summed E-state index contributed by atoms with van der Waals surface area (Å²) in [7, 11) is 1.00. The summed E-state index contributed by atoms with van der Waals surface area (Å²) in [5.41, 5.74) is 0. The van der Waals surface area contributed by atoms with E-state index in [0.717, 1.165) is 40.0 Å². The molecule has 1 aliphatic rings. The van der Waals surface area contributed by atoms with Gasteiger partial charge < -0.3 is 14.9 Å². The molecule has 0 bridgehead atoms. The summed E-state index contributed by atoms with van der Waals surface area (Å²) in [6.45, 7) is 4.64. The summed E-state index contributed by atoms with van der Waals surface area (Å²) < 4.78 is 5.12. The zero-order valence-electron chi connectivity index (χ0n) is 6.99. The van der Waals surface area contributed by atoms with Crippen LogP contribution in [0.25, 0.3) is 0 Å². The first-order valence-corrected chi connectivity index (χ1v) is 3.79. The maximum atomic E-state index is 8.54. The van der Waals surface area contributed by atoms with Crippen LogP contribution in [0.15, 0.2) is 0 Å². The molecule has 68 valence electrons. The number of hydrogen-bond donors (Lipinski definition) is 2. The average Bonchev–Trinajstić information content (AvgIpc) is 2.11. The number of aliphatic hydroxyl groups is 2. The van der Waals surface area contributed by atoms with Crippen LogP contribution in [-0.4, -0.2) is 61.7 Å². The lowest BCUT2D eigenvalue weighted by Crippen LogP contribution is -2.37. The Bertz CT molecular complexity index is 71.3. The molecule has 0 saturated carbocycles. The fourth-order valence-corrected chi connectivity index (χ4v) is 0.966. The number of ether oxygens (including phenoxy) is 1. The molecule has 2 N–H and O–H groups in total. The molecule has 0 aromatic heterocycles. The third-order valence-corrected chi connectivity index (χ3v) is 1.52. The van der Waals surface area contributed by atoms with Crippen LogP contribution in [-0.2, 0) is 4.74 Å². The lowest BCUT2D eigenvalue weighted by molar-refractivity contribution is 0.0306. The van der Waals surface area contributed by atoms with Crippen LogP contribution in [0.4, 0.5) is 0 Å². The van der Waals surface area contributed by atoms with Gasteiger partial charge in [0.25, 0.3) is 0 Å². The molecule has 0 unspecified atom stereocenters.